The molecule has 1 saturated carbocycles. The zero-order valence-electron chi connectivity index (χ0n) is 17.5. The lowest BCUT2D eigenvalue weighted by Crippen LogP contribution is -2.30. The molecule has 0 bridgehead atoms. The largest absolute Gasteiger partial charge is 0.488 e. The number of carbonyl (C=O) groups is 2. The van der Waals surface area contributed by atoms with Crippen LogP contribution in [0.5, 0.6) is 17.2 Å². The summed E-state index contributed by atoms with van der Waals surface area (Å²) in [5.74, 6) is 0.797. The second-order valence-corrected chi connectivity index (χ2v) is 7.55. The molecule has 0 radical (unpaired) electrons. The third-order valence-corrected chi connectivity index (χ3v) is 4.77. The number of nitrogens with zero attached hydrogens (tertiary/aromatic N) is 1. The molecule has 0 spiro atoms. The summed E-state index contributed by atoms with van der Waals surface area (Å²) in [5.41, 5.74) is 0.884. The maximum absolute atomic E-state index is 12.0. The maximum atomic E-state index is 12.0. The predicted molar refractivity (Wildman–Crippen MR) is 113 cm³/mol. The second kappa shape index (κ2) is 9.63. The number of benzene rings is 2. The molecule has 1 atom stereocenters. The number of amides is 1. The van der Waals surface area contributed by atoms with Gasteiger partial charge in [-0.15, -0.1) is 0 Å². The van der Waals surface area contributed by atoms with Gasteiger partial charge in [-0.25, -0.2) is 4.79 Å². The normalized spacial score (nSPS) is 14.1. The van der Waals surface area contributed by atoms with E-state index < -0.39 is 5.97 Å². The maximum Gasteiger partial charge on any atom is 0.335 e. The minimum Gasteiger partial charge on any atom is -0.488 e. The molecule has 1 amide bonds. The van der Waals surface area contributed by atoms with Crippen molar-refractivity contribution < 1.29 is 28.9 Å². The number of carbonyl (C=O) groups excluding carboxylic acids is 1. The van der Waals surface area contributed by atoms with E-state index in [0.717, 1.165) is 25.1 Å². The number of carboxylic acid groups (broad SMARTS) is 1. The lowest BCUT2D eigenvalue weighted by atomic mass is 10.2. The van der Waals surface area contributed by atoms with Gasteiger partial charge in [-0.05, 0) is 62.1 Å². The fourth-order valence-electron chi connectivity index (χ4n) is 3.13. The van der Waals surface area contributed by atoms with Crippen molar-refractivity contribution in [2.24, 2.45) is 5.92 Å². The van der Waals surface area contributed by atoms with Gasteiger partial charge in [0.25, 0.3) is 0 Å². The molecule has 0 heterocycles. The molecule has 0 unspecified atom stereocenters. The average molecular weight is 413 g/mol. The Bertz CT molecular complexity index is 891. The van der Waals surface area contributed by atoms with Gasteiger partial charge in [0, 0.05) is 32.3 Å². The van der Waals surface area contributed by atoms with Crippen molar-refractivity contribution in [3.8, 4) is 17.2 Å². The predicted octanol–water partition coefficient (Wildman–Crippen LogP) is 4.35. The van der Waals surface area contributed by atoms with Gasteiger partial charge in [-0.1, -0.05) is 0 Å². The van der Waals surface area contributed by atoms with Gasteiger partial charge >= 0.3 is 5.97 Å². The van der Waals surface area contributed by atoms with E-state index in [1.54, 1.807) is 37.1 Å². The van der Waals surface area contributed by atoms with Crippen LogP contribution in [0.1, 0.15) is 37.0 Å². The SMILES string of the molecule is COC[C@H](C)Oc1cc(Oc2ccc(N(CC3CC3)C(C)=O)cc2)cc(C(=O)O)c1. The van der Waals surface area contributed by atoms with Crippen LogP contribution in [0.25, 0.3) is 0 Å². The summed E-state index contributed by atoms with van der Waals surface area (Å²) in [6, 6.07) is 11.7. The fraction of sp³-hybridized carbons (Fsp3) is 0.391. The molecule has 3 rings (SSSR count). The zero-order valence-corrected chi connectivity index (χ0v) is 17.5. The first kappa shape index (κ1) is 21.6. The third kappa shape index (κ3) is 5.97. The highest BCUT2D eigenvalue weighted by molar-refractivity contribution is 5.91. The average Bonchev–Trinajstić information content (AvgIpc) is 3.51. The van der Waals surface area contributed by atoms with Gasteiger partial charge in [0.05, 0.1) is 12.2 Å². The van der Waals surface area contributed by atoms with Gasteiger partial charge in [0.1, 0.15) is 23.4 Å². The molecule has 1 fully saturated rings. The van der Waals surface area contributed by atoms with Crippen LogP contribution < -0.4 is 14.4 Å². The van der Waals surface area contributed by atoms with Crippen molar-refractivity contribution >= 4 is 17.6 Å². The molecule has 7 heteroatoms. The first-order chi connectivity index (χ1) is 14.4. The van der Waals surface area contributed by atoms with Crippen molar-refractivity contribution in [1.29, 1.82) is 0 Å². The van der Waals surface area contributed by atoms with E-state index in [1.807, 2.05) is 19.1 Å². The van der Waals surface area contributed by atoms with Crippen molar-refractivity contribution in [2.75, 3.05) is 25.2 Å². The Morgan fingerprint density at radius 1 is 1.10 bits per heavy atom. The van der Waals surface area contributed by atoms with E-state index >= 15 is 0 Å². The van der Waals surface area contributed by atoms with E-state index in [0.29, 0.717) is 29.8 Å². The number of ether oxygens (including phenoxy) is 3. The summed E-state index contributed by atoms with van der Waals surface area (Å²) in [6.45, 7) is 4.51. The van der Waals surface area contributed by atoms with Gasteiger partial charge < -0.3 is 24.2 Å². The molecule has 1 N–H and O–H groups in total. The standard InChI is InChI=1S/C23H27NO6/c1-15(14-28-3)29-21-10-18(23(26)27)11-22(12-21)30-20-8-6-19(7-9-20)24(16(2)25)13-17-4-5-17/h6-12,15,17H,4-5,13-14H2,1-3H3,(H,26,27)/t15-/m0/s1. The molecule has 30 heavy (non-hydrogen) atoms. The van der Waals surface area contributed by atoms with Crippen LogP contribution in [0.4, 0.5) is 5.69 Å². The monoisotopic (exact) mass is 413 g/mol. The topological polar surface area (TPSA) is 85.3 Å². The van der Waals surface area contributed by atoms with Crippen molar-refractivity contribution in [3.05, 3.63) is 48.0 Å². The molecule has 7 nitrogen and oxygen atoms in total. The van der Waals surface area contributed by atoms with Gasteiger partial charge in [0.2, 0.25) is 5.91 Å². The van der Waals surface area contributed by atoms with E-state index in [4.69, 9.17) is 14.2 Å². The first-order valence-corrected chi connectivity index (χ1v) is 9.95. The molecule has 2 aromatic carbocycles. The lowest BCUT2D eigenvalue weighted by Gasteiger charge is -2.21. The Kier molecular flexibility index (Phi) is 6.95. The Morgan fingerprint density at radius 2 is 1.77 bits per heavy atom. The number of aromatic carboxylic acids is 1. The highest BCUT2D eigenvalue weighted by atomic mass is 16.5. The first-order valence-electron chi connectivity index (χ1n) is 9.95. The van der Waals surface area contributed by atoms with E-state index in [1.165, 1.54) is 12.1 Å². The van der Waals surface area contributed by atoms with Crippen LogP contribution in [0.2, 0.25) is 0 Å². The Balaban J connectivity index is 1.76. The molecule has 0 aromatic heterocycles. The third-order valence-electron chi connectivity index (χ3n) is 4.77. The van der Waals surface area contributed by atoms with Crippen LogP contribution in [0.3, 0.4) is 0 Å². The molecular formula is C23H27NO6. The fourth-order valence-corrected chi connectivity index (χ4v) is 3.13. The summed E-state index contributed by atoms with van der Waals surface area (Å²) >= 11 is 0. The number of methoxy groups -OCH3 is 1. The molecule has 2 aromatic rings. The van der Waals surface area contributed by atoms with Crippen LogP contribution in [-0.2, 0) is 9.53 Å². The quantitative estimate of drug-likeness (QED) is 0.623. The van der Waals surface area contributed by atoms with Crippen LogP contribution in [0.15, 0.2) is 42.5 Å². The van der Waals surface area contributed by atoms with Crippen molar-refractivity contribution in [3.63, 3.8) is 0 Å². The minimum atomic E-state index is -1.07. The second-order valence-electron chi connectivity index (χ2n) is 7.55. The van der Waals surface area contributed by atoms with E-state index in [9.17, 15) is 14.7 Å². The number of hydrogen-bond acceptors (Lipinski definition) is 5. The summed E-state index contributed by atoms with van der Waals surface area (Å²) in [4.78, 5) is 25.2. The summed E-state index contributed by atoms with van der Waals surface area (Å²) in [6.07, 6.45) is 2.09. The van der Waals surface area contributed by atoms with Crippen molar-refractivity contribution in [2.45, 2.75) is 32.8 Å². The smallest absolute Gasteiger partial charge is 0.335 e. The summed E-state index contributed by atoms with van der Waals surface area (Å²) < 4.78 is 16.6. The van der Waals surface area contributed by atoms with Crippen LogP contribution >= 0.6 is 0 Å². The zero-order chi connectivity index (χ0) is 21.7. The molecule has 160 valence electrons. The summed E-state index contributed by atoms with van der Waals surface area (Å²) in [5, 5.41) is 9.39. The highest BCUT2D eigenvalue weighted by Gasteiger charge is 2.26. The van der Waals surface area contributed by atoms with Crippen LogP contribution in [-0.4, -0.2) is 43.3 Å². The van der Waals surface area contributed by atoms with E-state index in [2.05, 4.69) is 0 Å². The van der Waals surface area contributed by atoms with Gasteiger partial charge in [0.15, 0.2) is 0 Å². The Labute approximate surface area is 176 Å². The highest BCUT2D eigenvalue weighted by Crippen LogP contribution is 2.33. The molecule has 1 aliphatic rings. The van der Waals surface area contributed by atoms with Gasteiger partial charge in [-0.3, -0.25) is 4.79 Å². The Morgan fingerprint density at radius 3 is 2.33 bits per heavy atom. The number of carboxylic acids is 1. The number of anilines is 1. The summed E-state index contributed by atoms with van der Waals surface area (Å²) in [7, 11) is 1.57. The number of rotatable bonds is 10. The van der Waals surface area contributed by atoms with Crippen molar-refractivity contribution in [1.82, 2.24) is 0 Å². The minimum absolute atomic E-state index is 0.0108. The van der Waals surface area contributed by atoms with Gasteiger partial charge in [-0.2, -0.15) is 0 Å². The molecule has 1 aliphatic carbocycles. The Hall–Kier alpha value is -3.06. The van der Waals surface area contributed by atoms with Crippen LogP contribution in [0, 0.1) is 5.92 Å². The number of hydrogen-bond donors (Lipinski definition) is 1. The molecule has 0 saturated heterocycles. The molecule has 0 aliphatic heterocycles. The molecular weight excluding hydrogens is 386 g/mol. The van der Waals surface area contributed by atoms with E-state index in [-0.39, 0.29) is 17.6 Å². The lowest BCUT2D eigenvalue weighted by molar-refractivity contribution is -0.116.